The summed E-state index contributed by atoms with van der Waals surface area (Å²) >= 11 is 0. The lowest BCUT2D eigenvalue weighted by atomic mass is 10.3. The van der Waals surface area contributed by atoms with Crippen LogP contribution >= 0.6 is 0 Å². The molecule has 0 atom stereocenters. The van der Waals surface area contributed by atoms with Gasteiger partial charge in [-0.15, -0.1) is 0 Å². The number of hydrogen-bond donors (Lipinski definition) is 1. The summed E-state index contributed by atoms with van der Waals surface area (Å²) in [5, 5.41) is 3.04. The Hall–Kier alpha value is -1.63. The molecule has 2 rings (SSSR count). The summed E-state index contributed by atoms with van der Waals surface area (Å²) in [5.41, 5.74) is 0. The third-order valence-corrected chi connectivity index (χ3v) is 3.47. The Morgan fingerprint density at radius 3 is 2.52 bits per heavy atom. The SMILES string of the molecule is CCCN(c1nc(NC)nc(N2CCOCC2)n1)C(C)C. The first-order chi connectivity index (χ1) is 10.2. The van der Waals surface area contributed by atoms with E-state index in [1.54, 1.807) is 0 Å². The molecule has 0 saturated carbocycles. The molecule has 1 aromatic heterocycles. The zero-order valence-electron chi connectivity index (χ0n) is 13.5. The molecule has 1 N–H and O–H groups in total. The van der Waals surface area contributed by atoms with E-state index in [1.807, 2.05) is 7.05 Å². The van der Waals surface area contributed by atoms with Crippen molar-refractivity contribution in [3.63, 3.8) is 0 Å². The van der Waals surface area contributed by atoms with Crippen molar-refractivity contribution >= 4 is 17.8 Å². The van der Waals surface area contributed by atoms with Crippen molar-refractivity contribution in [1.29, 1.82) is 0 Å². The first-order valence-corrected chi connectivity index (χ1v) is 7.68. The molecule has 1 aromatic rings. The lowest BCUT2D eigenvalue weighted by molar-refractivity contribution is 0.122. The molecule has 118 valence electrons. The highest BCUT2D eigenvalue weighted by Gasteiger charge is 2.19. The Bertz CT molecular complexity index is 447. The summed E-state index contributed by atoms with van der Waals surface area (Å²) in [7, 11) is 1.84. The Kier molecular flexibility index (Phi) is 5.55. The summed E-state index contributed by atoms with van der Waals surface area (Å²) < 4.78 is 5.39. The van der Waals surface area contributed by atoms with Gasteiger partial charge in [-0.05, 0) is 20.3 Å². The Labute approximate surface area is 126 Å². The maximum Gasteiger partial charge on any atom is 0.232 e. The van der Waals surface area contributed by atoms with Crippen molar-refractivity contribution < 1.29 is 4.74 Å². The van der Waals surface area contributed by atoms with Crippen molar-refractivity contribution in [2.45, 2.75) is 33.2 Å². The van der Waals surface area contributed by atoms with E-state index >= 15 is 0 Å². The van der Waals surface area contributed by atoms with Crippen molar-refractivity contribution in [3.8, 4) is 0 Å². The van der Waals surface area contributed by atoms with Gasteiger partial charge in [-0.3, -0.25) is 0 Å². The monoisotopic (exact) mass is 294 g/mol. The Balaban J connectivity index is 2.31. The fourth-order valence-electron chi connectivity index (χ4n) is 2.33. The number of ether oxygens (including phenoxy) is 1. The third-order valence-electron chi connectivity index (χ3n) is 3.47. The summed E-state index contributed by atoms with van der Waals surface area (Å²) in [6, 6.07) is 0.356. The fraction of sp³-hybridized carbons (Fsp3) is 0.786. The van der Waals surface area contributed by atoms with E-state index in [0.29, 0.717) is 12.0 Å². The van der Waals surface area contributed by atoms with Gasteiger partial charge in [0.25, 0.3) is 0 Å². The van der Waals surface area contributed by atoms with Gasteiger partial charge in [-0.1, -0.05) is 6.92 Å². The summed E-state index contributed by atoms with van der Waals surface area (Å²) in [5.74, 6) is 2.09. The number of hydrogen-bond acceptors (Lipinski definition) is 7. The second kappa shape index (κ2) is 7.40. The van der Waals surface area contributed by atoms with Crippen LogP contribution in [0.15, 0.2) is 0 Å². The predicted molar refractivity (Wildman–Crippen MR) is 85.2 cm³/mol. The molecule has 1 aliphatic rings. The van der Waals surface area contributed by atoms with Crippen LogP contribution in [0.2, 0.25) is 0 Å². The summed E-state index contributed by atoms with van der Waals surface area (Å²) in [6.45, 7) is 10.5. The van der Waals surface area contributed by atoms with Crippen molar-refractivity contribution in [1.82, 2.24) is 15.0 Å². The van der Waals surface area contributed by atoms with Gasteiger partial charge in [-0.25, -0.2) is 0 Å². The van der Waals surface area contributed by atoms with Gasteiger partial charge in [-0.2, -0.15) is 15.0 Å². The molecule has 21 heavy (non-hydrogen) atoms. The average Bonchev–Trinajstić information content (AvgIpc) is 2.52. The molecule has 0 bridgehead atoms. The largest absolute Gasteiger partial charge is 0.378 e. The molecule has 0 aliphatic carbocycles. The molecule has 0 radical (unpaired) electrons. The first kappa shape index (κ1) is 15.8. The zero-order valence-corrected chi connectivity index (χ0v) is 13.5. The van der Waals surface area contributed by atoms with Gasteiger partial charge >= 0.3 is 0 Å². The van der Waals surface area contributed by atoms with Crippen LogP contribution in [0.25, 0.3) is 0 Å². The predicted octanol–water partition coefficient (Wildman–Crippen LogP) is 1.37. The Morgan fingerprint density at radius 1 is 1.24 bits per heavy atom. The standard InChI is InChI=1S/C14H26N6O/c1-5-6-20(11(2)3)14-17-12(15-4)16-13(18-14)19-7-9-21-10-8-19/h11H,5-10H2,1-4H3,(H,15,16,17,18). The van der Waals surface area contributed by atoms with Crippen LogP contribution in [0.4, 0.5) is 17.8 Å². The van der Waals surface area contributed by atoms with Crippen LogP contribution in [0.3, 0.4) is 0 Å². The van der Waals surface area contributed by atoms with E-state index in [0.717, 1.165) is 51.2 Å². The van der Waals surface area contributed by atoms with Crippen molar-refractivity contribution in [2.75, 3.05) is 55.0 Å². The van der Waals surface area contributed by atoms with Gasteiger partial charge in [0, 0.05) is 32.7 Å². The summed E-state index contributed by atoms with van der Waals surface area (Å²) in [4.78, 5) is 18.1. The van der Waals surface area contributed by atoms with E-state index in [-0.39, 0.29) is 0 Å². The second-order valence-electron chi connectivity index (χ2n) is 5.40. The topological polar surface area (TPSA) is 66.4 Å². The number of rotatable bonds is 6. The quantitative estimate of drug-likeness (QED) is 0.850. The molecule has 7 nitrogen and oxygen atoms in total. The number of nitrogens with one attached hydrogen (secondary N) is 1. The lowest BCUT2D eigenvalue weighted by Gasteiger charge is -2.30. The smallest absolute Gasteiger partial charge is 0.232 e. The van der Waals surface area contributed by atoms with Gasteiger partial charge in [0.05, 0.1) is 13.2 Å². The van der Waals surface area contributed by atoms with Crippen molar-refractivity contribution in [3.05, 3.63) is 0 Å². The molecule has 7 heteroatoms. The van der Waals surface area contributed by atoms with E-state index in [4.69, 9.17) is 4.74 Å². The van der Waals surface area contributed by atoms with Gasteiger partial charge in [0.1, 0.15) is 0 Å². The highest BCUT2D eigenvalue weighted by molar-refractivity contribution is 5.45. The number of nitrogens with zero attached hydrogens (tertiary/aromatic N) is 5. The average molecular weight is 294 g/mol. The van der Waals surface area contributed by atoms with Gasteiger partial charge in [0.15, 0.2) is 0 Å². The maximum atomic E-state index is 5.39. The minimum absolute atomic E-state index is 0.356. The first-order valence-electron chi connectivity index (χ1n) is 7.68. The molecule has 1 aliphatic heterocycles. The minimum Gasteiger partial charge on any atom is -0.378 e. The van der Waals surface area contributed by atoms with Crippen LogP contribution in [0, 0.1) is 0 Å². The highest BCUT2D eigenvalue weighted by Crippen LogP contribution is 2.19. The maximum absolute atomic E-state index is 5.39. The highest BCUT2D eigenvalue weighted by atomic mass is 16.5. The van der Waals surface area contributed by atoms with Gasteiger partial charge < -0.3 is 19.9 Å². The molecule has 2 heterocycles. The molecule has 0 spiro atoms. The third kappa shape index (κ3) is 3.93. The van der Waals surface area contributed by atoms with Crippen LogP contribution in [0.5, 0.6) is 0 Å². The molecule has 0 amide bonds. The number of anilines is 3. The lowest BCUT2D eigenvalue weighted by Crippen LogP contribution is -2.39. The minimum atomic E-state index is 0.356. The molecular formula is C14H26N6O. The van der Waals surface area contributed by atoms with E-state index < -0.39 is 0 Å². The van der Waals surface area contributed by atoms with E-state index in [9.17, 15) is 0 Å². The molecular weight excluding hydrogens is 268 g/mol. The van der Waals surface area contributed by atoms with E-state index in [1.165, 1.54) is 0 Å². The molecule has 0 aromatic carbocycles. The molecule has 1 saturated heterocycles. The second-order valence-corrected chi connectivity index (χ2v) is 5.40. The molecule has 0 unspecified atom stereocenters. The van der Waals surface area contributed by atoms with Crippen LogP contribution < -0.4 is 15.1 Å². The summed E-state index contributed by atoms with van der Waals surface area (Å²) in [6.07, 6.45) is 1.06. The van der Waals surface area contributed by atoms with Crippen LogP contribution in [-0.2, 0) is 4.74 Å². The van der Waals surface area contributed by atoms with Crippen molar-refractivity contribution in [2.24, 2.45) is 0 Å². The number of aromatic nitrogens is 3. The molecule has 1 fully saturated rings. The zero-order chi connectivity index (χ0) is 15.2. The van der Waals surface area contributed by atoms with Crippen LogP contribution in [0.1, 0.15) is 27.2 Å². The normalized spacial score (nSPS) is 15.4. The fourth-order valence-corrected chi connectivity index (χ4v) is 2.33. The van der Waals surface area contributed by atoms with E-state index in [2.05, 4.69) is 50.8 Å². The Morgan fingerprint density at radius 2 is 1.95 bits per heavy atom. The van der Waals surface area contributed by atoms with Crippen LogP contribution in [-0.4, -0.2) is 60.9 Å². The number of morpholine rings is 1. The van der Waals surface area contributed by atoms with Gasteiger partial charge in [0.2, 0.25) is 17.8 Å².